The zero-order chi connectivity index (χ0) is 23.3. The SMILES string of the molecule is CN1CC=C(c2ccc(Nc3ncc(-c4ccccn4)c(NC4CCC(O)CC4)n3)cc2)CC1. The van der Waals surface area contributed by atoms with E-state index in [0.29, 0.717) is 5.95 Å². The Morgan fingerprint density at radius 2 is 1.82 bits per heavy atom. The highest BCUT2D eigenvalue weighted by Gasteiger charge is 2.21. The van der Waals surface area contributed by atoms with E-state index in [1.165, 1.54) is 11.1 Å². The van der Waals surface area contributed by atoms with Crippen molar-refractivity contribution >= 4 is 23.0 Å². The Morgan fingerprint density at radius 1 is 1.00 bits per heavy atom. The molecule has 3 heterocycles. The lowest BCUT2D eigenvalue weighted by atomic mass is 9.93. The molecular weight excluding hydrogens is 424 g/mol. The topological polar surface area (TPSA) is 86.2 Å². The van der Waals surface area contributed by atoms with Gasteiger partial charge in [0, 0.05) is 37.2 Å². The van der Waals surface area contributed by atoms with Crippen molar-refractivity contribution < 1.29 is 5.11 Å². The van der Waals surface area contributed by atoms with Gasteiger partial charge >= 0.3 is 0 Å². The van der Waals surface area contributed by atoms with E-state index in [-0.39, 0.29) is 12.1 Å². The van der Waals surface area contributed by atoms with Crippen molar-refractivity contribution in [2.24, 2.45) is 0 Å². The van der Waals surface area contributed by atoms with Crippen LogP contribution >= 0.6 is 0 Å². The Bertz CT molecular complexity index is 1120. The quantitative estimate of drug-likeness (QED) is 0.495. The molecule has 5 rings (SSSR count). The van der Waals surface area contributed by atoms with E-state index >= 15 is 0 Å². The molecule has 2 aliphatic rings. The third-order valence-electron chi connectivity index (χ3n) is 6.69. The first-order chi connectivity index (χ1) is 16.6. The summed E-state index contributed by atoms with van der Waals surface area (Å²) in [6.45, 7) is 2.10. The maximum absolute atomic E-state index is 9.87. The molecule has 1 aromatic carbocycles. The van der Waals surface area contributed by atoms with Crippen molar-refractivity contribution in [3.05, 3.63) is 66.5 Å². The summed E-state index contributed by atoms with van der Waals surface area (Å²) < 4.78 is 0. The number of benzene rings is 1. The van der Waals surface area contributed by atoms with Gasteiger partial charge in [-0.15, -0.1) is 0 Å². The van der Waals surface area contributed by atoms with Crippen LogP contribution in [0, 0.1) is 0 Å². The number of rotatable bonds is 6. The van der Waals surface area contributed by atoms with E-state index in [0.717, 1.165) is 68.0 Å². The number of likely N-dealkylation sites (N-methyl/N-ethyl adjacent to an activating group) is 1. The highest BCUT2D eigenvalue weighted by Crippen LogP contribution is 2.30. The average molecular weight is 457 g/mol. The Labute approximate surface area is 201 Å². The van der Waals surface area contributed by atoms with Gasteiger partial charge in [-0.1, -0.05) is 24.3 Å². The number of hydrogen-bond donors (Lipinski definition) is 3. The molecule has 0 bridgehead atoms. The second-order valence-electron chi connectivity index (χ2n) is 9.26. The fourth-order valence-corrected chi connectivity index (χ4v) is 4.60. The van der Waals surface area contributed by atoms with Crippen molar-refractivity contribution in [3.63, 3.8) is 0 Å². The molecule has 0 unspecified atom stereocenters. The lowest BCUT2D eigenvalue weighted by Crippen LogP contribution is -2.29. The fourth-order valence-electron chi connectivity index (χ4n) is 4.60. The Kier molecular flexibility index (Phi) is 6.83. The molecule has 7 nitrogen and oxygen atoms in total. The number of nitrogens with zero attached hydrogens (tertiary/aromatic N) is 4. The molecule has 7 heteroatoms. The van der Waals surface area contributed by atoms with E-state index < -0.39 is 0 Å². The van der Waals surface area contributed by atoms with Crippen LogP contribution in [0.5, 0.6) is 0 Å². The van der Waals surface area contributed by atoms with Gasteiger partial charge in [-0.05, 0) is 74.6 Å². The van der Waals surface area contributed by atoms with Crippen molar-refractivity contribution in [3.8, 4) is 11.3 Å². The van der Waals surface area contributed by atoms with Crippen molar-refractivity contribution in [1.29, 1.82) is 0 Å². The molecule has 0 saturated heterocycles. The summed E-state index contributed by atoms with van der Waals surface area (Å²) in [5.74, 6) is 1.31. The normalized spacial score (nSPS) is 21.1. The minimum absolute atomic E-state index is 0.191. The molecule has 3 aromatic rings. The highest BCUT2D eigenvalue weighted by atomic mass is 16.3. The predicted octanol–water partition coefficient (Wildman–Crippen LogP) is 4.72. The van der Waals surface area contributed by atoms with Gasteiger partial charge in [0.1, 0.15) is 5.82 Å². The second kappa shape index (κ2) is 10.3. The first-order valence-electron chi connectivity index (χ1n) is 12.1. The fraction of sp³-hybridized carbons (Fsp3) is 0.370. The van der Waals surface area contributed by atoms with Crippen LogP contribution < -0.4 is 10.6 Å². The van der Waals surface area contributed by atoms with Gasteiger partial charge in [0.15, 0.2) is 0 Å². The molecule has 1 saturated carbocycles. The first kappa shape index (κ1) is 22.5. The van der Waals surface area contributed by atoms with Gasteiger partial charge in [0.2, 0.25) is 5.95 Å². The molecular formula is C27H32N6O. The number of pyridine rings is 1. The summed E-state index contributed by atoms with van der Waals surface area (Å²) in [4.78, 5) is 16.2. The molecule has 1 aliphatic heterocycles. The lowest BCUT2D eigenvalue weighted by molar-refractivity contribution is 0.126. The van der Waals surface area contributed by atoms with E-state index in [1.54, 1.807) is 6.20 Å². The molecule has 0 atom stereocenters. The van der Waals surface area contributed by atoms with Crippen molar-refractivity contribution in [2.75, 3.05) is 30.8 Å². The molecule has 0 radical (unpaired) electrons. The molecule has 1 aliphatic carbocycles. The minimum Gasteiger partial charge on any atom is -0.393 e. The van der Waals surface area contributed by atoms with Crippen LogP contribution in [0.3, 0.4) is 0 Å². The maximum atomic E-state index is 9.87. The smallest absolute Gasteiger partial charge is 0.229 e. The minimum atomic E-state index is -0.191. The zero-order valence-corrected chi connectivity index (χ0v) is 19.6. The number of aromatic nitrogens is 3. The van der Waals surface area contributed by atoms with Gasteiger partial charge in [-0.2, -0.15) is 4.98 Å². The standard InChI is InChI=1S/C27H32N6O/c1-33-16-13-20(14-17-33)19-5-7-22(8-6-19)31-27-29-18-24(25-4-2-3-15-28-25)26(32-27)30-21-9-11-23(34)12-10-21/h2-8,13,15,18,21,23,34H,9-12,14,16-17H2,1H3,(H2,29,30,31,32). The molecule has 34 heavy (non-hydrogen) atoms. The van der Waals surface area contributed by atoms with Crippen LogP contribution in [0.25, 0.3) is 16.8 Å². The number of aliphatic hydroxyl groups excluding tert-OH is 1. The lowest BCUT2D eigenvalue weighted by Gasteiger charge is -2.27. The van der Waals surface area contributed by atoms with Crippen molar-refractivity contribution in [1.82, 2.24) is 19.9 Å². The summed E-state index contributed by atoms with van der Waals surface area (Å²) >= 11 is 0. The van der Waals surface area contributed by atoms with E-state index in [4.69, 9.17) is 4.98 Å². The van der Waals surface area contributed by atoms with Gasteiger partial charge in [0.25, 0.3) is 0 Å². The number of hydrogen-bond acceptors (Lipinski definition) is 7. The molecule has 2 aromatic heterocycles. The van der Waals surface area contributed by atoms with Crippen LogP contribution in [0.4, 0.5) is 17.5 Å². The highest BCUT2D eigenvalue weighted by molar-refractivity contribution is 5.74. The number of aliphatic hydroxyl groups is 1. The first-order valence-corrected chi connectivity index (χ1v) is 12.1. The van der Waals surface area contributed by atoms with Crippen LogP contribution in [0.2, 0.25) is 0 Å². The maximum Gasteiger partial charge on any atom is 0.229 e. The predicted molar refractivity (Wildman–Crippen MR) is 137 cm³/mol. The zero-order valence-electron chi connectivity index (χ0n) is 19.6. The largest absolute Gasteiger partial charge is 0.393 e. The molecule has 176 valence electrons. The third-order valence-corrected chi connectivity index (χ3v) is 6.69. The van der Waals surface area contributed by atoms with Crippen LogP contribution in [-0.2, 0) is 0 Å². The summed E-state index contributed by atoms with van der Waals surface area (Å²) in [5, 5.41) is 16.8. The Hall–Kier alpha value is -3.29. The Morgan fingerprint density at radius 3 is 2.53 bits per heavy atom. The van der Waals surface area contributed by atoms with Gasteiger partial charge in [-0.3, -0.25) is 4.98 Å². The second-order valence-corrected chi connectivity index (χ2v) is 9.26. The molecule has 0 spiro atoms. The number of anilines is 3. The van der Waals surface area contributed by atoms with E-state index in [2.05, 4.69) is 62.9 Å². The third kappa shape index (κ3) is 5.43. The van der Waals surface area contributed by atoms with E-state index in [9.17, 15) is 5.11 Å². The monoisotopic (exact) mass is 456 g/mol. The molecule has 3 N–H and O–H groups in total. The van der Waals surface area contributed by atoms with E-state index in [1.807, 2.05) is 24.4 Å². The summed E-state index contributed by atoms with van der Waals surface area (Å²) in [7, 11) is 2.15. The van der Waals surface area contributed by atoms with Crippen LogP contribution in [0.1, 0.15) is 37.7 Å². The summed E-state index contributed by atoms with van der Waals surface area (Å²) in [6, 6.07) is 14.6. The average Bonchev–Trinajstić information content (AvgIpc) is 2.87. The van der Waals surface area contributed by atoms with Crippen LogP contribution in [-0.4, -0.2) is 57.2 Å². The molecule has 1 fully saturated rings. The molecule has 0 amide bonds. The summed E-state index contributed by atoms with van der Waals surface area (Å²) in [6.07, 6.45) is 10.3. The number of nitrogens with one attached hydrogen (secondary N) is 2. The van der Waals surface area contributed by atoms with Gasteiger partial charge < -0.3 is 20.6 Å². The summed E-state index contributed by atoms with van der Waals surface area (Å²) in [5.41, 5.74) is 5.34. The Balaban J connectivity index is 1.35. The van der Waals surface area contributed by atoms with Gasteiger partial charge in [-0.25, -0.2) is 4.98 Å². The van der Waals surface area contributed by atoms with Gasteiger partial charge in [0.05, 0.1) is 17.4 Å². The van der Waals surface area contributed by atoms with Crippen LogP contribution in [0.15, 0.2) is 60.9 Å². The van der Waals surface area contributed by atoms with Crippen molar-refractivity contribution in [2.45, 2.75) is 44.2 Å².